The van der Waals surface area contributed by atoms with Crippen LogP contribution in [0.1, 0.15) is 4.88 Å². The van der Waals surface area contributed by atoms with Crippen molar-refractivity contribution in [1.82, 2.24) is 4.98 Å². The van der Waals surface area contributed by atoms with Gasteiger partial charge in [-0.1, -0.05) is 0 Å². The third kappa shape index (κ3) is 0.976. The molecule has 0 amide bonds. The first kappa shape index (κ1) is 4.74. The van der Waals surface area contributed by atoms with Crippen LogP contribution in [-0.4, -0.2) is 4.98 Å². The van der Waals surface area contributed by atoms with Gasteiger partial charge in [-0.15, -0.1) is 11.3 Å². The molecule has 7 heavy (non-hydrogen) atoms. The van der Waals surface area contributed by atoms with Crippen LogP contribution in [0.25, 0.3) is 0 Å². The lowest BCUT2D eigenvalue weighted by Gasteiger charge is -1.77. The van der Waals surface area contributed by atoms with Crippen molar-refractivity contribution < 1.29 is 0 Å². The van der Waals surface area contributed by atoms with Gasteiger partial charge in [0.05, 0.1) is 0 Å². The predicted molar refractivity (Wildman–Crippen MR) is 28.8 cm³/mol. The summed E-state index contributed by atoms with van der Waals surface area (Å²) in [5.41, 5.74) is 7.94. The fourth-order valence-electron chi connectivity index (χ4n) is 0.304. The molecule has 1 radical (unpaired) electrons. The molecule has 0 aliphatic carbocycles. The van der Waals surface area contributed by atoms with Crippen molar-refractivity contribution in [2.45, 2.75) is 6.54 Å². The average molecular weight is 113 g/mol. The predicted octanol–water partition coefficient (Wildman–Crippen LogP) is 0.402. The molecule has 0 aromatic carbocycles. The Morgan fingerprint density at radius 3 is 3.14 bits per heavy atom. The number of hydrogen-bond acceptors (Lipinski definition) is 3. The number of aromatic nitrogens is 1. The lowest BCUT2D eigenvalue weighted by Crippen LogP contribution is -1.91. The first-order valence-electron chi connectivity index (χ1n) is 1.94. The molecular formula is C4H5N2S. The minimum atomic E-state index is 0.584. The zero-order chi connectivity index (χ0) is 5.11. The van der Waals surface area contributed by atoms with Gasteiger partial charge < -0.3 is 5.73 Å². The highest BCUT2D eigenvalue weighted by atomic mass is 32.1. The lowest BCUT2D eigenvalue weighted by atomic mass is 10.6. The summed E-state index contributed by atoms with van der Waals surface area (Å²) in [5.74, 6) is 0. The number of nitrogens with zero attached hydrogens (tertiary/aromatic N) is 1. The average Bonchev–Trinajstić information content (AvgIpc) is 2.14. The van der Waals surface area contributed by atoms with Crippen LogP contribution in [0.2, 0.25) is 0 Å². The second-order valence-electron chi connectivity index (χ2n) is 1.12. The highest BCUT2D eigenvalue weighted by Gasteiger charge is 1.85. The second-order valence-corrected chi connectivity index (χ2v) is 2.03. The lowest BCUT2D eigenvalue weighted by molar-refractivity contribution is 1.10. The molecule has 0 fully saturated rings. The van der Waals surface area contributed by atoms with Gasteiger partial charge >= 0.3 is 0 Å². The van der Waals surface area contributed by atoms with Gasteiger partial charge in [-0.2, -0.15) is 0 Å². The van der Waals surface area contributed by atoms with E-state index in [2.05, 4.69) is 10.5 Å². The van der Waals surface area contributed by atoms with Crippen molar-refractivity contribution >= 4 is 11.3 Å². The maximum absolute atomic E-state index is 5.24. The minimum Gasteiger partial charge on any atom is -0.326 e. The molecule has 2 N–H and O–H groups in total. The Morgan fingerprint density at radius 2 is 2.86 bits per heavy atom. The van der Waals surface area contributed by atoms with Gasteiger partial charge in [-0.25, -0.2) is 4.98 Å². The van der Waals surface area contributed by atoms with Crippen molar-refractivity contribution in [3.05, 3.63) is 16.6 Å². The normalized spacial score (nSPS) is 9.29. The molecule has 1 heterocycles. The Kier molecular flexibility index (Phi) is 1.38. The van der Waals surface area contributed by atoms with Crippen LogP contribution in [0.15, 0.2) is 6.20 Å². The quantitative estimate of drug-likeness (QED) is 0.572. The first-order valence-corrected chi connectivity index (χ1v) is 2.76. The standard InChI is InChI=1S/C4H5N2S/c5-1-4-2-6-3-7-4/h2H,1,5H2. The second kappa shape index (κ2) is 2.04. The van der Waals surface area contributed by atoms with E-state index in [0.29, 0.717) is 6.54 Å². The third-order valence-corrected chi connectivity index (χ3v) is 1.37. The molecule has 0 bridgehead atoms. The molecule has 2 nitrogen and oxygen atoms in total. The molecule has 0 atom stereocenters. The van der Waals surface area contributed by atoms with Gasteiger partial charge in [0, 0.05) is 17.6 Å². The highest BCUT2D eigenvalue weighted by Crippen LogP contribution is 2.00. The molecule has 3 heteroatoms. The van der Waals surface area contributed by atoms with Crippen LogP contribution < -0.4 is 5.73 Å². The number of thiazole rings is 1. The molecule has 37 valence electrons. The van der Waals surface area contributed by atoms with Crippen LogP contribution in [0, 0.1) is 5.51 Å². The molecule has 0 unspecified atom stereocenters. The fourth-order valence-corrected chi connectivity index (χ4v) is 0.715. The van der Waals surface area contributed by atoms with E-state index in [9.17, 15) is 0 Å². The molecule has 1 aromatic rings. The minimum absolute atomic E-state index is 0.584. The molecule has 0 saturated carbocycles. The van der Waals surface area contributed by atoms with Crippen LogP contribution in [-0.2, 0) is 6.54 Å². The van der Waals surface area contributed by atoms with Gasteiger partial charge in [0.2, 0.25) is 0 Å². The molecule has 0 saturated heterocycles. The highest BCUT2D eigenvalue weighted by molar-refractivity contribution is 7.09. The summed E-state index contributed by atoms with van der Waals surface area (Å²) in [6.45, 7) is 0.584. The van der Waals surface area contributed by atoms with Crippen molar-refractivity contribution in [2.24, 2.45) is 5.73 Å². The largest absolute Gasteiger partial charge is 0.326 e. The fraction of sp³-hybridized carbons (Fsp3) is 0.250. The van der Waals surface area contributed by atoms with Crippen molar-refractivity contribution in [2.75, 3.05) is 0 Å². The maximum atomic E-state index is 5.24. The monoisotopic (exact) mass is 113 g/mol. The van der Waals surface area contributed by atoms with Crippen molar-refractivity contribution in [3.63, 3.8) is 0 Å². The molecule has 1 rings (SSSR count). The number of rotatable bonds is 1. The van der Waals surface area contributed by atoms with Crippen molar-refractivity contribution in [3.8, 4) is 0 Å². The summed E-state index contributed by atoms with van der Waals surface area (Å²) in [6, 6.07) is 0. The van der Waals surface area contributed by atoms with Crippen LogP contribution >= 0.6 is 11.3 Å². The number of hydrogen-bond donors (Lipinski definition) is 1. The topological polar surface area (TPSA) is 38.9 Å². The summed E-state index contributed by atoms with van der Waals surface area (Å²) in [6.07, 6.45) is 1.73. The maximum Gasteiger partial charge on any atom is 0.152 e. The van der Waals surface area contributed by atoms with Gasteiger partial charge in [0.25, 0.3) is 0 Å². The summed E-state index contributed by atoms with van der Waals surface area (Å²) in [4.78, 5) is 4.79. The van der Waals surface area contributed by atoms with Gasteiger partial charge in [0.1, 0.15) is 0 Å². The van der Waals surface area contributed by atoms with E-state index in [1.807, 2.05) is 0 Å². The van der Waals surface area contributed by atoms with E-state index in [4.69, 9.17) is 5.73 Å². The third-order valence-electron chi connectivity index (χ3n) is 0.639. The Bertz CT molecular complexity index is 124. The zero-order valence-corrected chi connectivity index (χ0v) is 4.53. The first-order chi connectivity index (χ1) is 3.43. The smallest absolute Gasteiger partial charge is 0.152 e. The van der Waals surface area contributed by atoms with Crippen LogP contribution in [0.3, 0.4) is 0 Å². The van der Waals surface area contributed by atoms with Crippen molar-refractivity contribution in [1.29, 1.82) is 0 Å². The van der Waals surface area contributed by atoms with Crippen LogP contribution in [0.5, 0.6) is 0 Å². The summed E-state index contributed by atoms with van der Waals surface area (Å²) >= 11 is 1.46. The van der Waals surface area contributed by atoms with E-state index < -0.39 is 0 Å². The van der Waals surface area contributed by atoms with E-state index in [-0.39, 0.29) is 0 Å². The Balaban J connectivity index is 2.76. The molecule has 1 aromatic heterocycles. The summed E-state index contributed by atoms with van der Waals surface area (Å²) < 4.78 is 0. The summed E-state index contributed by atoms with van der Waals surface area (Å²) in [5, 5.41) is 0. The molecule has 0 aliphatic rings. The SMILES string of the molecule is NCc1cn[c]s1. The molecular weight excluding hydrogens is 108 g/mol. The van der Waals surface area contributed by atoms with E-state index >= 15 is 0 Å². The van der Waals surface area contributed by atoms with Gasteiger partial charge in [0.15, 0.2) is 5.51 Å². The van der Waals surface area contributed by atoms with E-state index in [1.54, 1.807) is 6.20 Å². The van der Waals surface area contributed by atoms with Crippen LogP contribution in [0.4, 0.5) is 0 Å². The zero-order valence-electron chi connectivity index (χ0n) is 3.72. The molecule has 0 aliphatic heterocycles. The van der Waals surface area contributed by atoms with E-state index in [1.165, 1.54) is 11.3 Å². The van der Waals surface area contributed by atoms with Gasteiger partial charge in [-0.05, 0) is 0 Å². The van der Waals surface area contributed by atoms with Gasteiger partial charge in [-0.3, -0.25) is 0 Å². The number of nitrogens with two attached hydrogens (primary N) is 1. The molecule has 0 spiro atoms. The Labute approximate surface area is 46.0 Å². The van der Waals surface area contributed by atoms with E-state index in [0.717, 1.165) is 4.88 Å². The Morgan fingerprint density at radius 1 is 2.00 bits per heavy atom. The summed E-state index contributed by atoms with van der Waals surface area (Å²) in [7, 11) is 0. The Hall–Kier alpha value is -0.410.